The fourth-order valence-electron chi connectivity index (χ4n) is 1.64. The van der Waals surface area contributed by atoms with Crippen LogP contribution < -0.4 is 10.5 Å². The Morgan fingerprint density at radius 2 is 2.00 bits per heavy atom. The first-order valence-corrected chi connectivity index (χ1v) is 5.28. The van der Waals surface area contributed by atoms with E-state index in [1.165, 1.54) is 25.3 Å². The zero-order valence-corrected chi connectivity index (χ0v) is 10.1. The van der Waals surface area contributed by atoms with Crippen molar-refractivity contribution in [3.8, 4) is 5.75 Å². The van der Waals surface area contributed by atoms with Crippen molar-refractivity contribution in [1.29, 1.82) is 0 Å². The van der Waals surface area contributed by atoms with Crippen molar-refractivity contribution in [3.63, 3.8) is 0 Å². The third kappa shape index (κ3) is 2.92. The molecule has 0 bridgehead atoms. The smallest absolute Gasteiger partial charge is 0.274 e. The van der Waals surface area contributed by atoms with Crippen molar-refractivity contribution in [3.05, 3.63) is 29.3 Å². The SMILES string of the molecule is COc1c(C(O)C(C)N)cccc1C(C)(F)F. The van der Waals surface area contributed by atoms with E-state index < -0.39 is 18.1 Å². The predicted octanol–water partition coefficient (Wildman–Crippen LogP) is 2.19. The van der Waals surface area contributed by atoms with E-state index in [1.54, 1.807) is 6.92 Å². The van der Waals surface area contributed by atoms with Crippen molar-refractivity contribution >= 4 is 0 Å². The standard InChI is InChI=1S/C12H17F2NO2/c1-7(15)10(16)8-5-4-6-9(11(8)17-3)12(2,13)14/h4-7,10,16H,15H2,1-3H3. The molecular formula is C12H17F2NO2. The number of alkyl halides is 2. The van der Waals surface area contributed by atoms with Gasteiger partial charge in [-0.05, 0) is 13.0 Å². The van der Waals surface area contributed by atoms with E-state index in [1.807, 2.05) is 0 Å². The summed E-state index contributed by atoms with van der Waals surface area (Å²) in [7, 11) is 1.29. The molecule has 17 heavy (non-hydrogen) atoms. The molecule has 3 nitrogen and oxygen atoms in total. The highest BCUT2D eigenvalue weighted by molar-refractivity contribution is 5.45. The van der Waals surface area contributed by atoms with Gasteiger partial charge in [0, 0.05) is 18.5 Å². The van der Waals surface area contributed by atoms with Gasteiger partial charge in [0.1, 0.15) is 5.75 Å². The third-order valence-corrected chi connectivity index (χ3v) is 2.54. The van der Waals surface area contributed by atoms with E-state index in [4.69, 9.17) is 10.5 Å². The van der Waals surface area contributed by atoms with Crippen LogP contribution in [0.1, 0.15) is 31.1 Å². The van der Waals surface area contributed by atoms with Gasteiger partial charge in [-0.3, -0.25) is 0 Å². The fraction of sp³-hybridized carbons (Fsp3) is 0.500. The molecule has 0 aromatic heterocycles. The van der Waals surface area contributed by atoms with Crippen molar-refractivity contribution in [2.75, 3.05) is 7.11 Å². The highest BCUT2D eigenvalue weighted by Gasteiger charge is 2.31. The Hall–Kier alpha value is -1.20. The second kappa shape index (κ2) is 4.98. The molecular weight excluding hydrogens is 228 g/mol. The van der Waals surface area contributed by atoms with E-state index in [2.05, 4.69) is 0 Å². The number of rotatable bonds is 4. The number of nitrogens with two attached hydrogens (primary N) is 1. The van der Waals surface area contributed by atoms with Crippen LogP contribution in [0.25, 0.3) is 0 Å². The van der Waals surface area contributed by atoms with Gasteiger partial charge in [0.05, 0.1) is 18.8 Å². The Labute approximate surface area is 99.2 Å². The van der Waals surface area contributed by atoms with Crippen LogP contribution in [0.5, 0.6) is 5.75 Å². The molecule has 1 aromatic rings. The van der Waals surface area contributed by atoms with Gasteiger partial charge < -0.3 is 15.6 Å². The molecule has 1 aromatic carbocycles. The van der Waals surface area contributed by atoms with E-state index in [0.717, 1.165) is 6.92 Å². The molecule has 0 radical (unpaired) electrons. The lowest BCUT2D eigenvalue weighted by molar-refractivity contribution is 0.0145. The quantitative estimate of drug-likeness (QED) is 0.855. The maximum Gasteiger partial charge on any atom is 0.274 e. The summed E-state index contributed by atoms with van der Waals surface area (Å²) in [6, 6.07) is 3.69. The van der Waals surface area contributed by atoms with Crippen LogP contribution in [0.4, 0.5) is 8.78 Å². The molecule has 96 valence electrons. The Morgan fingerprint density at radius 1 is 1.41 bits per heavy atom. The van der Waals surface area contributed by atoms with E-state index in [0.29, 0.717) is 0 Å². The molecule has 0 aliphatic rings. The number of benzene rings is 1. The van der Waals surface area contributed by atoms with Crippen LogP contribution in [-0.4, -0.2) is 18.3 Å². The number of para-hydroxylation sites is 1. The minimum Gasteiger partial charge on any atom is -0.496 e. The van der Waals surface area contributed by atoms with E-state index >= 15 is 0 Å². The molecule has 0 aliphatic carbocycles. The van der Waals surface area contributed by atoms with Gasteiger partial charge in [0.25, 0.3) is 5.92 Å². The number of hydrogen-bond donors (Lipinski definition) is 2. The van der Waals surface area contributed by atoms with Crippen LogP contribution in [0, 0.1) is 0 Å². The summed E-state index contributed by atoms with van der Waals surface area (Å²) in [4.78, 5) is 0. The number of hydrogen-bond acceptors (Lipinski definition) is 3. The maximum absolute atomic E-state index is 13.4. The minimum atomic E-state index is -3.03. The molecule has 0 spiro atoms. The lowest BCUT2D eigenvalue weighted by Gasteiger charge is -2.22. The van der Waals surface area contributed by atoms with Gasteiger partial charge >= 0.3 is 0 Å². The summed E-state index contributed by atoms with van der Waals surface area (Å²) < 4.78 is 31.7. The Bertz CT molecular complexity index is 389. The van der Waals surface area contributed by atoms with Gasteiger partial charge in [-0.15, -0.1) is 0 Å². The number of methoxy groups -OCH3 is 1. The molecule has 0 heterocycles. The second-order valence-electron chi connectivity index (χ2n) is 4.12. The van der Waals surface area contributed by atoms with Crippen LogP contribution in [0.2, 0.25) is 0 Å². The second-order valence-corrected chi connectivity index (χ2v) is 4.12. The molecule has 0 saturated carbocycles. The molecule has 5 heteroatoms. The van der Waals surface area contributed by atoms with Gasteiger partial charge in [-0.25, -0.2) is 8.78 Å². The highest BCUT2D eigenvalue weighted by atomic mass is 19.3. The average Bonchev–Trinajstić information content (AvgIpc) is 2.25. The largest absolute Gasteiger partial charge is 0.496 e. The van der Waals surface area contributed by atoms with E-state index in [9.17, 15) is 13.9 Å². The zero-order valence-electron chi connectivity index (χ0n) is 10.1. The van der Waals surface area contributed by atoms with Crippen LogP contribution >= 0.6 is 0 Å². The molecule has 0 fully saturated rings. The molecule has 0 saturated heterocycles. The molecule has 2 unspecified atom stereocenters. The first-order valence-electron chi connectivity index (χ1n) is 5.28. The number of aliphatic hydroxyl groups is 1. The summed E-state index contributed by atoms with van der Waals surface area (Å²) in [6.45, 7) is 2.38. The number of aliphatic hydroxyl groups excluding tert-OH is 1. The Balaban J connectivity index is 3.34. The average molecular weight is 245 g/mol. The normalized spacial score (nSPS) is 15.5. The molecule has 0 aliphatic heterocycles. The van der Waals surface area contributed by atoms with Crippen molar-refractivity contribution < 1.29 is 18.6 Å². The van der Waals surface area contributed by atoms with Gasteiger partial charge in [-0.2, -0.15) is 0 Å². The minimum absolute atomic E-state index is 0.00944. The fourth-order valence-corrected chi connectivity index (χ4v) is 1.64. The Kier molecular flexibility index (Phi) is 4.06. The summed E-state index contributed by atoms with van der Waals surface area (Å²) in [5.41, 5.74) is 5.58. The molecule has 3 N–H and O–H groups in total. The zero-order chi connectivity index (χ0) is 13.2. The Morgan fingerprint density at radius 3 is 2.41 bits per heavy atom. The van der Waals surface area contributed by atoms with Crippen molar-refractivity contribution in [1.82, 2.24) is 0 Å². The summed E-state index contributed by atoms with van der Waals surface area (Å²) >= 11 is 0. The highest BCUT2D eigenvalue weighted by Crippen LogP contribution is 2.39. The summed E-state index contributed by atoms with van der Waals surface area (Å²) in [6.07, 6.45) is -1.03. The lowest BCUT2D eigenvalue weighted by Crippen LogP contribution is -2.25. The number of ether oxygens (including phenoxy) is 1. The molecule has 2 atom stereocenters. The number of halogens is 2. The monoisotopic (exact) mass is 245 g/mol. The van der Waals surface area contributed by atoms with Crippen LogP contribution in [0.3, 0.4) is 0 Å². The predicted molar refractivity (Wildman–Crippen MR) is 61.2 cm³/mol. The van der Waals surface area contributed by atoms with Gasteiger partial charge in [-0.1, -0.05) is 12.1 Å². The third-order valence-electron chi connectivity index (χ3n) is 2.54. The first kappa shape index (κ1) is 13.9. The summed E-state index contributed by atoms with van der Waals surface area (Å²) in [5, 5.41) is 9.85. The summed E-state index contributed by atoms with van der Waals surface area (Å²) in [5.74, 6) is -3.04. The van der Waals surface area contributed by atoms with Crippen LogP contribution in [-0.2, 0) is 5.92 Å². The molecule has 1 rings (SSSR count). The van der Waals surface area contributed by atoms with Gasteiger partial charge in [0.2, 0.25) is 0 Å². The molecule has 0 amide bonds. The van der Waals surface area contributed by atoms with Crippen LogP contribution in [0.15, 0.2) is 18.2 Å². The lowest BCUT2D eigenvalue weighted by atomic mass is 9.97. The van der Waals surface area contributed by atoms with Crippen molar-refractivity contribution in [2.24, 2.45) is 5.73 Å². The first-order chi connectivity index (χ1) is 7.79. The van der Waals surface area contributed by atoms with E-state index in [-0.39, 0.29) is 16.9 Å². The maximum atomic E-state index is 13.4. The topological polar surface area (TPSA) is 55.5 Å². The van der Waals surface area contributed by atoms with Crippen molar-refractivity contribution in [2.45, 2.75) is 31.9 Å². The van der Waals surface area contributed by atoms with Gasteiger partial charge in [0.15, 0.2) is 0 Å².